The Kier molecular flexibility index (Phi) is 5.07. The summed E-state index contributed by atoms with van der Waals surface area (Å²) in [6, 6.07) is 18.6. The van der Waals surface area contributed by atoms with Crippen molar-refractivity contribution < 1.29 is 0 Å². The first-order valence-electron chi connectivity index (χ1n) is 7.05. The van der Waals surface area contributed by atoms with E-state index in [4.69, 9.17) is 0 Å². The molecule has 21 heavy (non-hydrogen) atoms. The number of hydrazone groups is 1. The zero-order valence-corrected chi connectivity index (χ0v) is 13.9. The second kappa shape index (κ2) is 6.81. The number of benzene rings is 2. The summed E-state index contributed by atoms with van der Waals surface area (Å²) in [5, 5.41) is 5.69. The molecule has 0 atom stereocenters. The zero-order valence-electron chi connectivity index (χ0n) is 13.1. The van der Waals surface area contributed by atoms with Gasteiger partial charge in [-0.25, -0.2) is 0 Å². The lowest BCUT2D eigenvalue weighted by Crippen LogP contribution is -2.18. The molecule has 0 aliphatic heterocycles. The fraction of sp³-hybridized carbons (Fsp3) is 0.278. The second-order valence-corrected chi connectivity index (χ2v) is 6.69. The van der Waals surface area contributed by atoms with Gasteiger partial charge < -0.3 is 0 Å². The van der Waals surface area contributed by atoms with Gasteiger partial charge >= 0.3 is 0 Å². The van der Waals surface area contributed by atoms with Gasteiger partial charge in [0.05, 0.1) is 10.7 Å². The van der Waals surface area contributed by atoms with Gasteiger partial charge in [-0.15, -0.1) is 11.8 Å². The largest absolute Gasteiger partial charge is 0.277 e. The van der Waals surface area contributed by atoms with Crippen LogP contribution in [0.25, 0.3) is 11.1 Å². The van der Waals surface area contributed by atoms with E-state index in [0.717, 1.165) is 16.3 Å². The summed E-state index contributed by atoms with van der Waals surface area (Å²) in [7, 11) is 0. The topological polar surface area (TPSA) is 24.4 Å². The number of thioether (sulfide) groups is 1. The van der Waals surface area contributed by atoms with E-state index in [1.807, 2.05) is 12.1 Å². The van der Waals surface area contributed by atoms with Gasteiger partial charge in [-0.2, -0.15) is 5.10 Å². The molecule has 0 unspecified atom stereocenters. The summed E-state index contributed by atoms with van der Waals surface area (Å²) in [5.41, 5.74) is 6.67. The third-order valence-corrected chi connectivity index (χ3v) is 4.22. The van der Waals surface area contributed by atoms with Crippen LogP contribution in [-0.4, -0.2) is 11.3 Å². The molecule has 0 aromatic heterocycles. The highest BCUT2D eigenvalue weighted by molar-refractivity contribution is 8.13. The van der Waals surface area contributed by atoms with Crippen molar-refractivity contribution in [1.29, 1.82) is 0 Å². The Labute approximate surface area is 131 Å². The number of anilines is 1. The Balaban J connectivity index is 2.32. The maximum Gasteiger partial charge on any atom is 0.0986 e. The van der Waals surface area contributed by atoms with Gasteiger partial charge in [0.2, 0.25) is 0 Å². The standard InChI is InChI=1S/C18H22N2S/c1-18(2,3)17(21-4)20-19-16-13-9-8-12-15(16)14-10-6-5-7-11-14/h5-13,19H,1-4H3/b20-17-. The monoisotopic (exact) mass is 298 g/mol. The fourth-order valence-corrected chi connectivity index (χ4v) is 2.83. The number of hydrogen-bond donors (Lipinski definition) is 1. The lowest BCUT2D eigenvalue weighted by atomic mass is 9.99. The fourth-order valence-electron chi connectivity index (χ4n) is 2.08. The van der Waals surface area contributed by atoms with Crippen molar-refractivity contribution in [3.05, 3.63) is 54.6 Å². The normalized spacial score (nSPS) is 12.3. The summed E-state index contributed by atoms with van der Waals surface area (Å²) in [6.07, 6.45) is 2.06. The SMILES string of the molecule is CS/C(=N\Nc1ccccc1-c1ccccc1)C(C)(C)C. The van der Waals surface area contributed by atoms with E-state index in [9.17, 15) is 0 Å². The molecule has 2 rings (SSSR count). The molecule has 0 fully saturated rings. The highest BCUT2D eigenvalue weighted by Crippen LogP contribution is 2.29. The van der Waals surface area contributed by atoms with E-state index in [-0.39, 0.29) is 5.41 Å². The van der Waals surface area contributed by atoms with Gasteiger partial charge in [0.1, 0.15) is 0 Å². The van der Waals surface area contributed by atoms with Crippen molar-refractivity contribution in [2.24, 2.45) is 10.5 Å². The van der Waals surface area contributed by atoms with Crippen LogP contribution in [0.2, 0.25) is 0 Å². The molecule has 110 valence electrons. The van der Waals surface area contributed by atoms with Crippen molar-refractivity contribution in [1.82, 2.24) is 0 Å². The minimum absolute atomic E-state index is 0.0497. The molecule has 2 aromatic carbocycles. The van der Waals surface area contributed by atoms with Gasteiger partial charge in [0.15, 0.2) is 0 Å². The van der Waals surface area contributed by atoms with E-state index < -0.39 is 0 Å². The Morgan fingerprint density at radius 2 is 1.57 bits per heavy atom. The zero-order chi connectivity index (χ0) is 15.3. The van der Waals surface area contributed by atoms with Crippen molar-refractivity contribution in [3.63, 3.8) is 0 Å². The minimum Gasteiger partial charge on any atom is -0.277 e. The van der Waals surface area contributed by atoms with Crippen LogP contribution in [0.5, 0.6) is 0 Å². The van der Waals surface area contributed by atoms with Crippen molar-refractivity contribution in [2.75, 3.05) is 11.7 Å². The number of para-hydroxylation sites is 1. The average molecular weight is 298 g/mol. The van der Waals surface area contributed by atoms with Crippen LogP contribution >= 0.6 is 11.8 Å². The molecule has 0 aliphatic rings. The van der Waals surface area contributed by atoms with Crippen LogP contribution in [0, 0.1) is 5.41 Å². The third-order valence-electron chi connectivity index (χ3n) is 3.12. The smallest absolute Gasteiger partial charge is 0.0986 e. The Morgan fingerprint density at radius 1 is 0.952 bits per heavy atom. The molecule has 0 heterocycles. The van der Waals surface area contributed by atoms with Crippen LogP contribution in [0.15, 0.2) is 59.7 Å². The molecule has 0 saturated heterocycles. The molecular weight excluding hydrogens is 276 g/mol. The average Bonchev–Trinajstić information content (AvgIpc) is 2.48. The molecule has 0 amide bonds. The Morgan fingerprint density at radius 3 is 2.19 bits per heavy atom. The lowest BCUT2D eigenvalue weighted by Gasteiger charge is -2.20. The van der Waals surface area contributed by atoms with Crippen LogP contribution in [-0.2, 0) is 0 Å². The molecule has 0 radical (unpaired) electrons. The Hall–Kier alpha value is -1.74. The maximum absolute atomic E-state index is 4.60. The van der Waals surface area contributed by atoms with Gasteiger partial charge in [-0.05, 0) is 17.9 Å². The van der Waals surface area contributed by atoms with Gasteiger partial charge in [0.25, 0.3) is 0 Å². The number of nitrogens with one attached hydrogen (secondary N) is 1. The summed E-state index contributed by atoms with van der Waals surface area (Å²) < 4.78 is 0. The number of hydrogen-bond acceptors (Lipinski definition) is 3. The predicted octanol–water partition coefficient (Wildman–Crippen LogP) is 5.49. The molecule has 0 saturated carbocycles. The van der Waals surface area contributed by atoms with Crippen molar-refractivity contribution >= 4 is 22.5 Å². The van der Waals surface area contributed by atoms with Gasteiger partial charge in [0, 0.05) is 11.0 Å². The molecule has 0 spiro atoms. The summed E-state index contributed by atoms with van der Waals surface area (Å²) in [4.78, 5) is 0. The van der Waals surface area contributed by atoms with E-state index in [1.165, 1.54) is 5.56 Å². The highest BCUT2D eigenvalue weighted by atomic mass is 32.2. The quantitative estimate of drug-likeness (QED) is 0.460. The highest BCUT2D eigenvalue weighted by Gasteiger charge is 2.18. The first kappa shape index (κ1) is 15.6. The van der Waals surface area contributed by atoms with Crippen LogP contribution in [0.4, 0.5) is 5.69 Å². The van der Waals surface area contributed by atoms with Crippen LogP contribution < -0.4 is 5.43 Å². The summed E-state index contributed by atoms with van der Waals surface area (Å²) >= 11 is 1.69. The molecule has 2 nitrogen and oxygen atoms in total. The van der Waals surface area contributed by atoms with E-state index in [0.29, 0.717) is 0 Å². The molecular formula is C18H22N2S. The molecule has 1 N–H and O–H groups in total. The summed E-state index contributed by atoms with van der Waals surface area (Å²) in [5.74, 6) is 0. The predicted molar refractivity (Wildman–Crippen MR) is 95.9 cm³/mol. The van der Waals surface area contributed by atoms with E-state index >= 15 is 0 Å². The van der Waals surface area contributed by atoms with Crippen LogP contribution in [0.1, 0.15) is 20.8 Å². The molecule has 0 aliphatic carbocycles. The van der Waals surface area contributed by atoms with Crippen molar-refractivity contribution in [2.45, 2.75) is 20.8 Å². The molecule has 3 heteroatoms. The lowest BCUT2D eigenvalue weighted by molar-refractivity contribution is 0.601. The number of rotatable bonds is 3. The number of nitrogens with zero attached hydrogens (tertiary/aromatic N) is 1. The molecule has 2 aromatic rings. The minimum atomic E-state index is 0.0497. The first-order chi connectivity index (χ1) is 10.0. The van der Waals surface area contributed by atoms with E-state index in [2.05, 4.69) is 80.0 Å². The van der Waals surface area contributed by atoms with Gasteiger partial charge in [-0.1, -0.05) is 69.3 Å². The van der Waals surface area contributed by atoms with Gasteiger partial charge in [-0.3, -0.25) is 5.43 Å². The summed E-state index contributed by atoms with van der Waals surface area (Å²) in [6.45, 7) is 6.52. The maximum atomic E-state index is 4.60. The third kappa shape index (κ3) is 4.11. The van der Waals surface area contributed by atoms with Crippen LogP contribution in [0.3, 0.4) is 0 Å². The second-order valence-electron chi connectivity index (χ2n) is 5.89. The first-order valence-corrected chi connectivity index (χ1v) is 8.27. The van der Waals surface area contributed by atoms with Crippen molar-refractivity contribution in [3.8, 4) is 11.1 Å². The van der Waals surface area contributed by atoms with E-state index in [1.54, 1.807) is 11.8 Å². The molecule has 0 bridgehead atoms. The Bertz CT molecular complexity index is 613.